The molecule has 0 spiro atoms. The van der Waals surface area contributed by atoms with Gasteiger partial charge in [-0.2, -0.15) is 0 Å². The number of nitrogens with zero attached hydrogens (tertiary/aromatic N) is 1. The molecule has 0 aliphatic heterocycles. The van der Waals surface area contributed by atoms with Gasteiger partial charge in [0, 0.05) is 23.9 Å². The highest BCUT2D eigenvalue weighted by molar-refractivity contribution is 6.03. The Morgan fingerprint density at radius 1 is 1.19 bits per heavy atom. The number of amides is 1. The molecule has 0 radical (unpaired) electrons. The summed E-state index contributed by atoms with van der Waals surface area (Å²) in [5.41, 5.74) is 8.72. The molecule has 0 saturated heterocycles. The van der Waals surface area contributed by atoms with Crippen LogP contribution in [0, 0.1) is 11.7 Å². The van der Waals surface area contributed by atoms with E-state index in [9.17, 15) is 14.0 Å². The second-order valence-electron chi connectivity index (χ2n) is 9.09. The number of nitrogens with two attached hydrogens (primary N) is 1. The molecule has 3 atom stereocenters. The lowest BCUT2D eigenvalue weighted by Gasteiger charge is -2.37. The van der Waals surface area contributed by atoms with E-state index >= 15 is 0 Å². The number of halogens is 1. The van der Waals surface area contributed by atoms with Crippen molar-refractivity contribution in [2.45, 2.75) is 57.8 Å². The van der Waals surface area contributed by atoms with Gasteiger partial charge in [0.25, 0.3) is 5.91 Å². The summed E-state index contributed by atoms with van der Waals surface area (Å²) in [6.45, 7) is 6.40. The van der Waals surface area contributed by atoms with Gasteiger partial charge in [0.2, 0.25) is 0 Å². The molecule has 31 heavy (non-hydrogen) atoms. The molecule has 6 heteroatoms. The number of H-pyrrole nitrogens is 1. The van der Waals surface area contributed by atoms with Crippen LogP contribution in [0.25, 0.3) is 10.9 Å². The number of pyridine rings is 2. The number of hydrogen-bond donors (Lipinski definition) is 2. The van der Waals surface area contributed by atoms with Crippen LogP contribution in [0.5, 0.6) is 0 Å². The van der Waals surface area contributed by atoms with Gasteiger partial charge in [-0.25, -0.2) is 4.39 Å². The first-order chi connectivity index (χ1) is 14.8. The van der Waals surface area contributed by atoms with Crippen molar-refractivity contribution in [1.29, 1.82) is 0 Å². The van der Waals surface area contributed by atoms with Crippen molar-refractivity contribution in [3.05, 3.63) is 75.1 Å². The van der Waals surface area contributed by atoms with Crippen molar-refractivity contribution in [1.82, 2.24) is 9.97 Å². The number of carbonyl (C=O) groups excluding carboxylic acids is 1. The van der Waals surface area contributed by atoms with Crippen molar-refractivity contribution < 1.29 is 9.18 Å². The highest BCUT2D eigenvalue weighted by atomic mass is 19.1. The first-order valence-corrected chi connectivity index (χ1v) is 10.9. The zero-order valence-corrected chi connectivity index (χ0v) is 18.1. The zero-order chi connectivity index (χ0) is 22.3. The highest BCUT2D eigenvalue weighted by Gasteiger charge is 2.33. The fourth-order valence-corrected chi connectivity index (χ4v) is 5.09. The van der Waals surface area contributed by atoms with Crippen LogP contribution in [0.15, 0.2) is 41.3 Å². The van der Waals surface area contributed by atoms with Crippen molar-refractivity contribution in [3.63, 3.8) is 0 Å². The fourth-order valence-electron chi connectivity index (χ4n) is 5.09. The molecule has 3 aromatic rings. The van der Waals surface area contributed by atoms with E-state index in [1.165, 1.54) is 12.3 Å². The predicted octanol–water partition coefficient (Wildman–Crippen LogP) is 4.97. The molecule has 2 aromatic heterocycles. The summed E-state index contributed by atoms with van der Waals surface area (Å²) in [5.74, 6) is 0.0703. The minimum absolute atomic E-state index is 0.0141. The lowest BCUT2D eigenvalue weighted by molar-refractivity contribution is 0.0997. The Morgan fingerprint density at radius 3 is 2.68 bits per heavy atom. The normalized spacial score (nSPS) is 21.5. The van der Waals surface area contributed by atoms with Crippen LogP contribution in [-0.4, -0.2) is 15.9 Å². The molecular weight excluding hydrogens is 393 g/mol. The van der Waals surface area contributed by atoms with Gasteiger partial charge >= 0.3 is 0 Å². The molecule has 3 N–H and O–H groups in total. The van der Waals surface area contributed by atoms with E-state index in [2.05, 4.69) is 30.7 Å². The summed E-state index contributed by atoms with van der Waals surface area (Å²) < 4.78 is 14.0. The van der Waals surface area contributed by atoms with E-state index in [1.807, 2.05) is 6.07 Å². The van der Waals surface area contributed by atoms with Gasteiger partial charge in [-0.3, -0.25) is 14.6 Å². The number of primary amides is 1. The highest BCUT2D eigenvalue weighted by Crippen LogP contribution is 2.47. The molecule has 2 heterocycles. The SMILES string of the molecule is CC(C)c1cc(F)ccc1[C@@H]1C[C@H](C)CC[C@H]1c1cc(=O)c2c(C(N)=O)nccc2[nH]1. The van der Waals surface area contributed by atoms with Crippen LogP contribution in [-0.2, 0) is 0 Å². The van der Waals surface area contributed by atoms with E-state index in [0.29, 0.717) is 11.4 Å². The largest absolute Gasteiger partial charge is 0.364 e. The van der Waals surface area contributed by atoms with Gasteiger partial charge in [0.15, 0.2) is 5.43 Å². The maximum absolute atomic E-state index is 14.0. The quantitative estimate of drug-likeness (QED) is 0.623. The van der Waals surface area contributed by atoms with Crippen LogP contribution < -0.4 is 11.2 Å². The van der Waals surface area contributed by atoms with E-state index < -0.39 is 5.91 Å². The van der Waals surface area contributed by atoms with Gasteiger partial charge in [0.05, 0.1) is 10.9 Å². The van der Waals surface area contributed by atoms with Crippen molar-refractivity contribution in [3.8, 4) is 0 Å². The van der Waals surface area contributed by atoms with E-state index in [0.717, 1.165) is 36.1 Å². The Kier molecular flexibility index (Phi) is 5.65. The average Bonchev–Trinajstić information content (AvgIpc) is 2.73. The number of aromatic nitrogens is 2. The van der Waals surface area contributed by atoms with Gasteiger partial charge in [0.1, 0.15) is 11.5 Å². The van der Waals surface area contributed by atoms with Gasteiger partial charge < -0.3 is 10.7 Å². The minimum Gasteiger partial charge on any atom is -0.364 e. The monoisotopic (exact) mass is 421 g/mol. The number of hydrogen-bond acceptors (Lipinski definition) is 3. The van der Waals surface area contributed by atoms with Crippen LogP contribution in [0.4, 0.5) is 4.39 Å². The topological polar surface area (TPSA) is 88.8 Å². The van der Waals surface area contributed by atoms with Gasteiger partial charge in [-0.1, -0.05) is 33.3 Å². The zero-order valence-electron chi connectivity index (χ0n) is 18.1. The number of carbonyl (C=O) groups is 1. The average molecular weight is 422 g/mol. The number of fused-ring (bicyclic) bond motifs is 1. The van der Waals surface area contributed by atoms with Crippen LogP contribution in [0.3, 0.4) is 0 Å². The Morgan fingerprint density at radius 2 is 1.97 bits per heavy atom. The van der Waals surface area contributed by atoms with Crippen LogP contribution in [0.2, 0.25) is 0 Å². The number of benzene rings is 1. The second-order valence-corrected chi connectivity index (χ2v) is 9.09. The summed E-state index contributed by atoms with van der Waals surface area (Å²) in [6, 6.07) is 8.37. The molecular formula is C25H28FN3O2. The van der Waals surface area contributed by atoms with Crippen LogP contribution >= 0.6 is 0 Å². The Bertz CT molecular complexity index is 1200. The van der Waals surface area contributed by atoms with Crippen LogP contribution in [0.1, 0.15) is 85.1 Å². The first-order valence-electron chi connectivity index (χ1n) is 10.9. The summed E-state index contributed by atoms with van der Waals surface area (Å²) >= 11 is 0. The maximum Gasteiger partial charge on any atom is 0.268 e. The lowest BCUT2D eigenvalue weighted by atomic mass is 9.68. The third kappa shape index (κ3) is 3.99. The smallest absolute Gasteiger partial charge is 0.268 e. The summed E-state index contributed by atoms with van der Waals surface area (Å²) in [5, 5.41) is 0.226. The first kappa shape index (κ1) is 21.2. The molecule has 162 valence electrons. The van der Waals surface area contributed by atoms with Crippen molar-refractivity contribution in [2.24, 2.45) is 11.7 Å². The molecule has 1 aromatic carbocycles. The molecule has 1 aliphatic rings. The molecule has 0 bridgehead atoms. The third-order valence-corrected chi connectivity index (χ3v) is 6.58. The van der Waals surface area contributed by atoms with Crippen molar-refractivity contribution in [2.75, 3.05) is 0 Å². The molecule has 5 nitrogen and oxygen atoms in total. The van der Waals surface area contributed by atoms with Gasteiger partial charge in [-0.15, -0.1) is 0 Å². The molecule has 1 amide bonds. The molecule has 1 saturated carbocycles. The van der Waals surface area contributed by atoms with E-state index in [1.54, 1.807) is 18.2 Å². The summed E-state index contributed by atoms with van der Waals surface area (Å²) in [7, 11) is 0. The predicted molar refractivity (Wildman–Crippen MR) is 120 cm³/mol. The number of rotatable bonds is 4. The molecule has 0 unspecified atom stereocenters. The summed E-state index contributed by atoms with van der Waals surface area (Å²) in [6.07, 6.45) is 4.44. The van der Waals surface area contributed by atoms with E-state index in [4.69, 9.17) is 5.73 Å². The number of aromatic amines is 1. The summed E-state index contributed by atoms with van der Waals surface area (Å²) in [4.78, 5) is 32.1. The second kappa shape index (κ2) is 8.25. The minimum atomic E-state index is -0.721. The van der Waals surface area contributed by atoms with E-state index in [-0.39, 0.29) is 40.1 Å². The standard InChI is InChI=1S/C25H28FN3O2/c1-13(2)18-11-15(26)5-7-16(18)19-10-14(3)4-6-17(19)21-12-22(30)23-20(29-21)8-9-28-24(23)25(27)31/h5,7-9,11-14,17,19H,4,6,10H2,1-3H3,(H2,27,31)(H,29,30)/t14-,17-,19+/m1/s1. The maximum atomic E-state index is 14.0. The molecule has 1 aliphatic carbocycles. The Labute approximate surface area is 180 Å². The Hall–Kier alpha value is -3.02. The van der Waals surface area contributed by atoms with Crippen molar-refractivity contribution >= 4 is 16.8 Å². The molecule has 1 fully saturated rings. The Balaban J connectivity index is 1.86. The lowest BCUT2D eigenvalue weighted by Crippen LogP contribution is -2.25. The third-order valence-electron chi connectivity index (χ3n) is 6.58. The fraction of sp³-hybridized carbons (Fsp3) is 0.400. The molecule has 4 rings (SSSR count). The number of nitrogens with one attached hydrogen (secondary N) is 1. The van der Waals surface area contributed by atoms with Gasteiger partial charge in [-0.05, 0) is 59.9 Å².